The van der Waals surface area contributed by atoms with Gasteiger partial charge in [0.1, 0.15) is 18.7 Å². The summed E-state index contributed by atoms with van der Waals surface area (Å²) in [5, 5.41) is 14.5. The van der Waals surface area contributed by atoms with E-state index in [4.69, 9.17) is 4.74 Å². The van der Waals surface area contributed by atoms with Gasteiger partial charge in [-0.3, -0.25) is 4.79 Å². The lowest BCUT2D eigenvalue weighted by atomic mass is 9.98. The number of alkyl carbamates (subject to hydrolysis) is 1. The van der Waals surface area contributed by atoms with Gasteiger partial charge in [0.15, 0.2) is 0 Å². The van der Waals surface area contributed by atoms with E-state index in [0.29, 0.717) is 25.0 Å². The van der Waals surface area contributed by atoms with Crippen LogP contribution in [-0.4, -0.2) is 53.8 Å². The summed E-state index contributed by atoms with van der Waals surface area (Å²) in [4.78, 5) is 36.7. The van der Waals surface area contributed by atoms with Crippen LogP contribution in [0.1, 0.15) is 43.2 Å². The topological polar surface area (TPSA) is 105 Å². The highest BCUT2D eigenvalue weighted by atomic mass is 32.2. The zero-order valence-electron chi connectivity index (χ0n) is 18.9. The number of ether oxygens (including phenoxy) is 1. The van der Waals surface area contributed by atoms with Crippen molar-refractivity contribution in [3.05, 3.63) is 59.7 Å². The maximum Gasteiger partial charge on any atom is 0.407 e. The van der Waals surface area contributed by atoms with Crippen LogP contribution in [0, 0.1) is 0 Å². The van der Waals surface area contributed by atoms with Crippen molar-refractivity contribution in [3.63, 3.8) is 0 Å². The number of carboxylic acid groups (broad SMARTS) is 1. The predicted molar refractivity (Wildman–Crippen MR) is 129 cm³/mol. The van der Waals surface area contributed by atoms with Gasteiger partial charge in [0.2, 0.25) is 5.91 Å². The van der Waals surface area contributed by atoms with Crippen molar-refractivity contribution in [2.24, 2.45) is 0 Å². The monoisotopic (exact) mass is 470 g/mol. The molecule has 0 radical (unpaired) electrons. The maximum atomic E-state index is 12.7. The number of amides is 2. The van der Waals surface area contributed by atoms with Crippen LogP contribution in [0.4, 0.5) is 4.79 Å². The molecule has 2 atom stereocenters. The average molecular weight is 471 g/mol. The summed E-state index contributed by atoms with van der Waals surface area (Å²) in [5.74, 6) is -1.08. The van der Waals surface area contributed by atoms with Gasteiger partial charge in [-0.05, 0) is 47.1 Å². The van der Waals surface area contributed by atoms with Gasteiger partial charge in [-0.15, -0.1) is 0 Å². The number of carbonyl (C=O) groups is 3. The van der Waals surface area contributed by atoms with Crippen molar-refractivity contribution in [3.8, 4) is 11.1 Å². The Morgan fingerprint density at radius 2 is 1.58 bits per heavy atom. The van der Waals surface area contributed by atoms with Crippen LogP contribution in [0.5, 0.6) is 0 Å². The largest absolute Gasteiger partial charge is 0.480 e. The Labute approximate surface area is 198 Å². The highest BCUT2D eigenvalue weighted by molar-refractivity contribution is 7.98. The third-order valence-corrected chi connectivity index (χ3v) is 6.40. The first-order chi connectivity index (χ1) is 16.0. The van der Waals surface area contributed by atoms with Crippen LogP contribution in [-0.2, 0) is 14.3 Å². The molecule has 0 saturated carbocycles. The van der Waals surface area contributed by atoms with Crippen molar-refractivity contribution in [2.75, 3.05) is 18.6 Å². The minimum Gasteiger partial charge on any atom is -0.480 e. The molecule has 0 heterocycles. The highest BCUT2D eigenvalue weighted by Crippen LogP contribution is 2.44. The van der Waals surface area contributed by atoms with Crippen LogP contribution in [0.2, 0.25) is 0 Å². The summed E-state index contributed by atoms with van der Waals surface area (Å²) < 4.78 is 5.53. The highest BCUT2D eigenvalue weighted by Gasteiger charge is 2.30. The van der Waals surface area contributed by atoms with E-state index in [-0.39, 0.29) is 12.5 Å². The van der Waals surface area contributed by atoms with E-state index in [1.54, 1.807) is 0 Å². The Hall–Kier alpha value is -3.00. The quantitative estimate of drug-likeness (QED) is 0.458. The van der Waals surface area contributed by atoms with Crippen molar-refractivity contribution in [2.45, 2.75) is 44.2 Å². The molecular weight excluding hydrogens is 440 g/mol. The molecule has 7 nitrogen and oxygen atoms in total. The smallest absolute Gasteiger partial charge is 0.407 e. The third kappa shape index (κ3) is 6.07. The fourth-order valence-electron chi connectivity index (χ4n) is 4.11. The Balaban J connectivity index is 1.62. The van der Waals surface area contributed by atoms with Crippen LogP contribution >= 0.6 is 11.8 Å². The Kier molecular flexibility index (Phi) is 8.77. The van der Waals surface area contributed by atoms with Crippen LogP contribution in [0.15, 0.2) is 48.5 Å². The molecule has 33 heavy (non-hydrogen) atoms. The second-order valence-corrected chi connectivity index (χ2v) is 8.98. The van der Waals surface area contributed by atoms with Gasteiger partial charge in [-0.1, -0.05) is 61.9 Å². The zero-order chi connectivity index (χ0) is 23.8. The number of aliphatic carboxylic acids is 1. The molecule has 2 aromatic rings. The Morgan fingerprint density at radius 3 is 2.12 bits per heavy atom. The van der Waals surface area contributed by atoms with E-state index in [1.807, 2.05) is 49.6 Å². The standard InChI is InChI=1S/C25H30N2O5S/c1-3-8-21(23(28)26-22(24(29)30)13-14-33-2)27-25(31)32-15-20-18-11-6-4-9-16(18)17-10-5-7-12-19(17)20/h4-7,9-12,20-22H,3,8,13-15H2,1-2H3,(H,26,28)(H,27,31)(H,29,30)/t21-,22-/m0/s1. The molecule has 176 valence electrons. The first kappa shape index (κ1) is 24.6. The van der Waals surface area contributed by atoms with E-state index >= 15 is 0 Å². The summed E-state index contributed by atoms with van der Waals surface area (Å²) in [6, 6.07) is 14.3. The number of carboxylic acids is 1. The fraction of sp³-hybridized carbons (Fsp3) is 0.400. The molecule has 1 aliphatic rings. The summed E-state index contributed by atoms with van der Waals surface area (Å²) >= 11 is 1.51. The molecule has 2 amide bonds. The van der Waals surface area contributed by atoms with Gasteiger partial charge in [0.05, 0.1) is 0 Å². The van der Waals surface area contributed by atoms with Gasteiger partial charge >= 0.3 is 12.1 Å². The van der Waals surface area contributed by atoms with E-state index in [0.717, 1.165) is 22.3 Å². The number of fused-ring (bicyclic) bond motifs is 3. The van der Waals surface area contributed by atoms with E-state index in [1.165, 1.54) is 11.8 Å². The van der Waals surface area contributed by atoms with Crippen LogP contribution in [0.25, 0.3) is 11.1 Å². The van der Waals surface area contributed by atoms with Crippen molar-refractivity contribution < 1.29 is 24.2 Å². The fourth-order valence-corrected chi connectivity index (χ4v) is 4.58. The molecular formula is C25H30N2O5S. The second kappa shape index (κ2) is 11.7. The summed E-state index contributed by atoms with van der Waals surface area (Å²) in [5.41, 5.74) is 4.48. The van der Waals surface area contributed by atoms with Gasteiger partial charge < -0.3 is 20.5 Å². The Morgan fingerprint density at radius 1 is 0.970 bits per heavy atom. The molecule has 1 aliphatic carbocycles. The lowest BCUT2D eigenvalue weighted by molar-refractivity contribution is -0.142. The SMILES string of the molecule is CCC[C@H](NC(=O)OCC1c2ccccc2-c2ccccc21)C(=O)N[C@@H](CCSC)C(=O)O. The van der Waals surface area contributed by atoms with Gasteiger partial charge in [-0.25, -0.2) is 9.59 Å². The zero-order valence-corrected chi connectivity index (χ0v) is 19.7. The molecule has 0 saturated heterocycles. The molecule has 0 unspecified atom stereocenters. The first-order valence-electron chi connectivity index (χ1n) is 11.1. The Bertz CT molecular complexity index is 951. The number of rotatable bonds is 11. The molecule has 8 heteroatoms. The van der Waals surface area contributed by atoms with Crippen LogP contribution < -0.4 is 10.6 Å². The minimum atomic E-state index is -1.09. The van der Waals surface area contributed by atoms with E-state index < -0.39 is 30.1 Å². The lowest BCUT2D eigenvalue weighted by Gasteiger charge is -2.21. The molecule has 0 aromatic heterocycles. The molecule has 2 aromatic carbocycles. The minimum absolute atomic E-state index is 0.0791. The molecule has 3 rings (SSSR count). The average Bonchev–Trinajstić information content (AvgIpc) is 3.13. The van der Waals surface area contributed by atoms with Crippen LogP contribution in [0.3, 0.4) is 0 Å². The lowest BCUT2D eigenvalue weighted by Crippen LogP contribution is -2.51. The molecule has 0 bridgehead atoms. The maximum absolute atomic E-state index is 12.7. The van der Waals surface area contributed by atoms with Gasteiger partial charge in [0, 0.05) is 5.92 Å². The van der Waals surface area contributed by atoms with Crippen molar-refractivity contribution in [1.82, 2.24) is 10.6 Å². The predicted octanol–water partition coefficient (Wildman–Crippen LogP) is 4.02. The number of thioether (sulfide) groups is 1. The summed E-state index contributed by atoms with van der Waals surface area (Å²) in [6.45, 7) is 2.04. The molecule has 3 N–H and O–H groups in total. The number of hydrogen-bond acceptors (Lipinski definition) is 5. The van der Waals surface area contributed by atoms with Crippen molar-refractivity contribution in [1.29, 1.82) is 0 Å². The third-order valence-electron chi connectivity index (χ3n) is 5.75. The number of carbonyl (C=O) groups excluding carboxylic acids is 2. The molecule has 0 fully saturated rings. The van der Waals surface area contributed by atoms with Crippen molar-refractivity contribution >= 4 is 29.7 Å². The van der Waals surface area contributed by atoms with Gasteiger partial charge in [-0.2, -0.15) is 11.8 Å². The molecule has 0 spiro atoms. The van der Waals surface area contributed by atoms with Gasteiger partial charge in [0.25, 0.3) is 0 Å². The first-order valence-corrected chi connectivity index (χ1v) is 12.5. The second-order valence-electron chi connectivity index (χ2n) is 7.99. The number of hydrogen-bond donors (Lipinski definition) is 3. The summed E-state index contributed by atoms with van der Waals surface area (Å²) in [7, 11) is 0. The van der Waals surface area contributed by atoms with E-state index in [9.17, 15) is 19.5 Å². The number of benzene rings is 2. The van der Waals surface area contributed by atoms with E-state index in [2.05, 4.69) is 22.8 Å². The normalized spacial score (nSPS) is 14.0. The summed E-state index contributed by atoms with van der Waals surface area (Å²) in [6.07, 6.45) is 2.52. The molecule has 0 aliphatic heterocycles. The number of nitrogens with one attached hydrogen (secondary N) is 2.